The first-order valence-electron chi connectivity index (χ1n) is 30.2. The maximum atomic E-state index is 14.9. The zero-order valence-electron chi connectivity index (χ0n) is 46.8. The van der Waals surface area contributed by atoms with Crippen LogP contribution in [0.1, 0.15) is 184 Å². The van der Waals surface area contributed by atoms with Crippen LogP contribution < -0.4 is 31.9 Å². The average Bonchev–Trinajstić information content (AvgIpc) is 4.31. The fourth-order valence-corrected chi connectivity index (χ4v) is 14.3. The first kappa shape index (κ1) is 57.1. The quantitative estimate of drug-likeness (QED) is 0.0911. The van der Waals surface area contributed by atoms with E-state index in [0.717, 1.165) is 101 Å². The minimum atomic E-state index is -0.837. The average molecular weight is 1070 g/mol. The highest BCUT2D eigenvalue weighted by Gasteiger charge is 2.48. The molecule has 2 aromatic rings. The van der Waals surface area contributed by atoms with Crippen molar-refractivity contribution in [3.63, 3.8) is 0 Å². The van der Waals surface area contributed by atoms with Gasteiger partial charge in [0.25, 0.3) is 0 Å². The molecule has 0 radical (unpaired) electrons. The Kier molecular flexibility index (Phi) is 19.1. The summed E-state index contributed by atoms with van der Waals surface area (Å²) in [6.45, 7) is 5.94. The molecule has 16 heteroatoms. The Hall–Kier alpha value is -5.64. The molecule has 5 aliphatic carbocycles. The molecule has 16 nitrogen and oxygen atoms in total. The number of likely N-dealkylation sites (N-methyl/N-ethyl adjacent to an activating group) is 1. The van der Waals surface area contributed by atoms with Gasteiger partial charge in [0.2, 0.25) is 41.4 Å². The molecule has 2 aliphatic heterocycles. The number of ketones is 1. The van der Waals surface area contributed by atoms with Gasteiger partial charge in [0.05, 0.1) is 18.1 Å². The van der Waals surface area contributed by atoms with Crippen LogP contribution in [0.15, 0.2) is 48.5 Å². The minimum Gasteiger partial charge on any atom is -0.351 e. The van der Waals surface area contributed by atoms with Crippen molar-refractivity contribution >= 4 is 47.1 Å². The van der Waals surface area contributed by atoms with Crippen molar-refractivity contribution in [2.75, 3.05) is 20.1 Å². The summed E-state index contributed by atoms with van der Waals surface area (Å²) in [5.74, 6) is -3.06. The van der Waals surface area contributed by atoms with E-state index in [4.69, 9.17) is 0 Å². The molecule has 5 fully saturated rings. The van der Waals surface area contributed by atoms with Gasteiger partial charge in [-0.3, -0.25) is 38.4 Å². The largest absolute Gasteiger partial charge is 0.351 e. The Balaban J connectivity index is 0.847. The molecule has 7 aliphatic rings. The normalized spacial score (nSPS) is 27.8. The van der Waals surface area contributed by atoms with Gasteiger partial charge >= 0.3 is 0 Å². The highest BCUT2D eigenvalue weighted by Crippen LogP contribution is 2.38. The summed E-state index contributed by atoms with van der Waals surface area (Å²) >= 11 is 0. The number of hydrogen-bond donors (Lipinski definition) is 6. The van der Waals surface area contributed by atoms with E-state index in [2.05, 4.69) is 44.0 Å². The molecule has 10 atom stereocenters. The molecule has 0 spiro atoms. The third-order valence-electron chi connectivity index (χ3n) is 19.5. The number of Topliss-reactive ketones (excluding diaryl/α,β-unsaturated/α-hetero) is 1. The van der Waals surface area contributed by atoms with E-state index in [1.165, 1.54) is 11.1 Å². The lowest BCUT2D eigenvalue weighted by atomic mass is 9.76. The Morgan fingerprint density at radius 3 is 1.49 bits per heavy atom. The maximum absolute atomic E-state index is 14.9. The molecule has 0 bridgehead atoms. The summed E-state index contributed by atoms with van der Waals surface area (Å²) in [5, 5.41) is 19.2. The molecule has 9 rings (SSSR count). The fraction of sp³-hybridized carbons (Fsp3) is 0.677. The summed E-state index contributed by atoms with van der Waals surface area (Å²) in [6, 6.07) is 12.1. The second-order valence-corrected chi connectivity index (χ2v) is 24.4. The smallest absolute Gasteiger partial charge is 0.246 e. The highest BCUT2D eigenvalue weighted by atomic mass is 16.2. The van der Waals surface area contributed by atoms with Gasteiger partial charge in [0.15, 0.2) is 0 Å². The number of nitrogens with one attached hydrogen (secondary N) is 6. The molecule has 3 saturated carbocycles. The van der Waals surface area contributed by atoms with Crippen molar-refractivity contribution in [2.24, 2.45) is 35.5 Å². The highest BCUT2D eigenvalue weighted by molar-refractivity contribution is 5.95. The zero-order valence-corrected chi connectivity index (χ0v) is 46.8. The van der Waals surface area contributed by atoms with E-state index < -0.39 is 42.2 Å². The standard InChI is InChI=1S/C62H88N8O8/c1-5-37(2)56(72)68-55(42-20-10-7-11-21-42)62(78)70-36-46(33-53(70)60(76)67-51-31-29-41-19-13-15-23-48(41)51)65-58(74)44-26-24-43(25-27-44)57(73)64-45-32-52(59(75)66-50-30-28-40-18-12-14-22-47(40)50)69(35-45)61(77)49(34-54(71)38(3)63-4)39-16-8-6-9-17-39/h12-15,18-19,22-23,37-39,42-46,49-53,55,63H,5-11,16-17,20-21,24-36H2,1-4H3,(H,64,73)(H,65,74)(H,66,75)(H,67,76)(H,68,72)/t37-,38+,43?,44?,45+,46+,49+,50-,51?,52+,53+,55+/m1/s1. The third-order valence-corrected chi connectivity index (χ3v) is 19.5. The summed E-state index contributed by atoms with van der Waals surface area (Å²) in [6.07, 6.45) is 15.8. The van der Waals surface area contributed by atoms with E-state index in [1.54, 1.807) is 16.8 Å². The minimum absolute atomic E-state index is 0.0289. The van der Waals surface area contributed by atoms with Crippen molar-refractivity contribution in [1.29, 1.82) is 0 Å². The van der Waals surface area contributed by atoms with Gasteiger partial charge in [-0.2, -0.15) is 0 Å². The Labute approximate surface area is 462 Å². The van der Waals surface area contributed by atoms with Crippen LogP contribution in [0.25, 0.3) is 0 Å². The number of amides is 7. The Morgan fingerprint density at radius 1 is 0.551 bits per heavy atom. The Bertz CT molecular complexity index is 2330. The first-order chi connectivity index (χ1) is 37.7. The molecule has 7 amide bonds. The van der Waals surface area contributed by atoms with E-state index in [0.29, 0.717) is 32.1 Å². The second-order valence-electron chi connectivity index (χ2n) is 24.4. The van der Waals surface area contributed by atoms with Crippen molar-refractivity contribution < 1.29 is 38.4 Å². The Morgan fingerprint density at radius 2 is 1.01 bits per heavy atom. The molecular formula is C62H88N8O8. The molecule has 2 saturated heterocycles. The van der Waals surface area contributed by atoms with Crippen LogP contribution in [0, 0.1) is 35.5 Å². The van der Waals surface area contributed by atoms with Crippen molar-refractivity contribution in [1.82, 2.24) is 41.7 Å². The number of aryl methyl sites for hydroxylation is 2. The predicted molar refractivity (Wildman–Crippen MR) is 297 cm³/mol. The van der Waals surface area contributed by atoms with Crippen LogP contribution in [0.2, 0.25) is 0 Å². The molecule has 2 aromatic carbocycles. The molecule has 6 N–H and O–H groups in total. The summed E-state index contributed by atoms with van der Waals surface area (Å²) in [4.78, 5) is 117. The fourth-order valence-electron chi connectivity index (χ4n) is 14.3. The number of fused-ring (bicyclic) bond motifs is 2. The SMILES string of the molecule is CC[C@@H](C)C(=O)N[C@H](C(=O)N1C[C@@H](NC(=O)C2CCC(C(=O)N[C@H]3C[C@@H](C(=O)N[C@@H]4CCc5ccccc54)N(C(=O)[C@@H](CC(=O)[C@H](C)NC)C4CCCCC4)C3)CC2)C[C@H]1C(=O)NC1CCc2ccccc21)C1CCCCC1. The molecular weight excluding hydrogens is 985 g/mol. The number of benzene rings is 2. The summed E-state index contributed by atoms with van der Waals surface area (Å²) in [7, 11) is 1.74. The van der Waals surface area contributed by atoms with Gasteiger partial charge in [0.1, 0.15) is 23.9 Å². The number of carbonyl (C=O) groups is 8. The predicted octanol–water partition coefficient (Wildman–Crippen LogP) is 6.45. The van der Waals surface area contributed by atoms with Crippen LogP contribution in [0.3, 0.4) is 0 Å². The molecule has 78 heavy (non-hydrogen) atoms. The number of nitrogens with zero attached hydrogens (tertiary/aromatic N) is 2. The van der Waals surface area contributed by atoms with E-state index in [1.807, 2.05) is 57.2 Å². The monoisotopic (exact) mass is 1070 g/mol. The molecule has 2 heterocycles. The lowest BCUT2D eigenvalue weighted by Gasteiger charge is -2.35. The van der Waals surface area contributed by atoms with Gasteiger partial charge in [0, 0.05) is 55.3 Å². The van der Waals surface area contributed by atoms with Gasteiger partial charge in [-0.15, -0.1) is 0 Å². The molecule has 424 valence electrons. The van der Waals surface area contributed by atoms with E-state index in [9.17, 15) is 38.4 Å². The van der Waals surface area contributed by atoms with E-state index in [-0.39, 0.29) is 121 Å². The summed E-state index contributed by atoms with van der Waals surface area (Å²) < 4.78 is 0. The number of hydrogen-bond acceptors (Lipinski definition) is 9. The van der Waals surface area contributed by atoms with Crippen LogP contribution in [0.4, 0.5) is 0 Å². The van der Waals surface area contributed by atoms with E-state index >= 15 is 0 Å². The van der Waals surface area contributed by atoms with Gasteiger partial charge in [-0.05, 0) is 144 Å². The maximum Gasteiger partial charge on any atom is 0.246 e. The van der Waals surface area contributed by atoms with Gasteiger partial charge < -0.3 is 41.7 Å². The lowest BCUT2D eigenvalue weighted by molar-refractivity contribution is -0.145. The topological polar surface area (TPSA) is 215 Å². The lowest BCUT2D eigenvalue weighted by Crippen LogP contribution is -2.57. The second kappa shape index (κ2) is 26.1. The van der Waals surface area contributed by atoms with Crippen molar-refractivity contribution in [3.8, 4) is 0 Å². The van der Waals surface area contributed by atoms with Crippen LogP contribution >= 0.6 is 0 Å². The summed E-state index contributed by atoms with van der Waals surface area (Å²) in [5.41, 5.74) is 4.57. The third kappa shape index (κ3) is 13.2. The van der Waals surface area contributed by atoms with Crippen molar-refractivity contribution in [2.45, 2.75) is 210 Å². The number of rotatable bonds is 19. The number of carbonyl (C=O) groups excluding carboxylic acids is 8. The van der Waals surface area contributed by atoms with Crippen molar-refractivity contribution in [3.05, 3.63) is 70.8 Å². The molecule has 1 unspecified atom stereocenters. The first-order valence-corrected chi connectivity index (χ1v) is 30.2. The zero-order chi connectivity index (χ0) is 55.0. The molecule has 0 aromatic heterocycles. The number of likely N-dealkylation sites (tertiary alicyclic amines) is 2. The van der Waals surface area contributed by atoms with Gasteiger partial charge in [-0.1, -0.05) is 101 Å². The van der Waals surface area contributed by atoms with Crippen LogP contribution in [-0.4, -0.2) is 113 Å². The van der Waals surface area contributed by atoms with Crippen LogP contribution in [-0.2, 0) is 51.2 Å². The van der Waals surface area contributed by atoms with Crippen LogP contribution in [0.5, 0.6) is 0 Å². The van der Waals surface area contributed by atoms with Gasteiger partial charge in [-0.25, -0.2) is 0 Å².